The molecule has 88 heavy (non-hydrogen) atoms. The third kappa shape index (κ3) is 16.3. The first-order chi connectivity index (χ1) is 41.7. The van der Waals surface area contributed by atoms with Crippen LogP contribution in [0.4, 0.5) is 69.4 Å². The maximum Gasteiger partial charge on any atom is 0.406 e. The molecule has 0 aliphatic rings. The third-order valence-electron chi connectivity index (χ3n) is 14.5. The summed E-state index contributed by atoms with van der Waals surface area (Å²) < 4.78 is 79.8. The number of hydrogen-bond donors (Lipinski definition) is 4. The molecular weight excluding hydrogens is 1180 g/mol. The lowest BCUT2D eigenvalue weighted by molar-refractivity contribution is -0.141. The molecule has 3 heterocycles. The highest BCUT2D eigenvalue weighted by atomic mass is 35.5. The van der Waals surface area contributed by atoms with Gasteiger partial charge in [0, 0.05) is 105 Å². The molecule has 0 saturated heterocycles. The minimum absolute atomic E-state index is 0.0389. The van der Waals surface area contributed by atoms with Gasteiger partial charge in [0.25, 0.3) is 5.56 Å². The standard InChI is InChI=1S/C24H25F4N3O2.C21H22ClFN4O.C20H20ClFN4O/c1-15(2)12-31(23(33)29-18-10-8-17(25)9-11-18)16(3)21-13-30(14-24(26,27)28)22(32)20-7-5-4-6-19(20)21;1-13(27(4)21(28)25-14-9-10-19(23)18(22)11-14)17-12-24-20(26(2)3)16-8-6-5-7-15(16)17;1-12(16-11-24-19(23-2)15-7-5-4-6-14(15)16)26(3)20(27)25-13-8-9-18(22)17(21)10-13/h4-11,13,15-16H,12,14H2,1-3H3,(H,29,33);5-13H,1-4H3,(H,25,28);4-12H,1-3H3,(H,23,24)(H,25,27). The summed E-state index contributed by atoms with van der Waals surface area (Å²) in [5, 5.41) is 15.9. The van der Waals surface area contributed by atoms with Crippen LogP contribution in [0.2, 0.25) is 10.0 Å². The van der Waals surface area contributed by atoms with Crippen molar-refractivity contribution >= 4 is 102 Å². The molecule has 0 aliphatic carbocycles. The van der Waals surface area contributed by atoms with E-state index in [1.807, 2.05) is 102 Å². The molecule has 0 aliphatic heterocycles. The number of carbonyl (C=O) groups is 3. The number of pyridine rings is 3. The predicted molar refractivity (Wildman–Crippen MR) is 340 cm³/mol. The van der Waals surface area contributed by atoms with Gasteiger partial charge in [-0.15, -0.1) is 0 Å². The van der Waals surface area contributed by atoms with Crippen molar-refractivity contribution in [2.24, 2.45) is 5.92 Å². The van der Waals surface area contributed by atoms with Crippen LogP contribution in [0.3, 0.4) is 0 Å². The van der Waals surface area contributed by atoms with Crippen molar-refractivity contribution in [1.82, 2.24) is 29.2 Å². The lowest BCUT2D eigenvalue weighted by atomic mass is 10.0. The quantitative estimate of drug-likeness (QED) is 0.0783. The summed E-state index contributed by atoms with van der Waals surface area (Å²) in [7, 11) is 9.13. The van der Waals surface area contributed by atoms with E-state index in [1.54, 1.807) is 61.4 Å². The Morgan fingerprint density at radius 2 is 0.989 bits per heavy atom. The van der Waals surface area contributed by atoms with E-state index in [4.69, 9.17) is 23.2 Å². The zero-order valence-corrected chi connectivity index (χ0v) is 51.5. The summed E-state index contributed by atoms with van der Waals surface area (Å²) in [5.41, 5.74) is 2.79. The first kappa shape index (κ1) is 66.4. The Morgan fingerprint density at radius 3 is 1.45 bits per heavy atom. The fourth-order valence-electron chi connectivity index (χ4n) is 9.70. The summed E-state index contributed by atoms with van der Waals surface area (Å²) in [5.74, 6) is 0.213. The minimum Gasteiger partial charge on any atom is -0.373 e. The van der Waals surface area contributed by atoms with Crippen LogP contribution in [0.5, 0.6) is 0 Å². The molecule has 0 fully saturated rings. The number of halogens is 8. The largest absolute Gasteiger partial charge is 0.406 e. The maximum atomic E-state index is 13.3. The molecule has 9 aromatic rings. The van der Waals surface area contributed by atoms with E-state index in [1.165, 1.54) is 77.8 Å². The van der Waals surface area contributed by atoms with Crippen LogP contribution in [0.1, 0.15) is 69.4 Å². The van der Waals surface area contributed by atoms with E-state index in [-0.39, 0.29) is 45.5 Å². The number of alkyl halides is 3. The van der Waals surface area contributed by atoms with Crippen molar-refractivity contribution in [3.05, 3.63) is 207 Å². The van der Waals surface area contributed by atoms with Gasteiger partial charge in [0.15, 0.2) is 0 Å². The Hall–Kier alpha value is -9.08. The zero-order valence-electron chi connectivity index (χ0n) is 49.9. The molecule has 0 radical (unpaired) electrons. The molecule has 3 atom stereocenters. The summed E-state index contributed by atoms with van der Waals surface area (Å²) in [4.78, 5) is 66.8. The van der Waals surface area contributed by atoms with Crippen molar-refractivity contribution in [3.8, 4) is 0 Å². The van der Waals surface area contributed by atoms with Crippen molar-refractivity contribution in [3.63, 3.8) is 0 Å². The van der Waals surface area contributed by atoms with Crippen molar-refractivity contribution in [1.29, 1.82) is 0 Å². The highest BCUT2D eigenvalue weighted by Gasteiger charge is 2.31. The number of rotatable bonds is 14. The van der Waals surface area contributed by atoms with E-state index in [0.29, 0.717) is 39.1 Å². The Labute approximate surface area is 515 Å². The van der Waals surface area contributed by atoms with Gasteiger partial charge in [0.1, 0.15) is 35.6 Å². The number of nitrogens with zero attached hydrogens (tertiary/aromatic N) is 7. The van der Waals surface area contributed by atoms with E-state index in [2.05, 4.69) is 31.2 Å². The van der Waals surface area contributed by atoms with Gasteiger partial charge in [-0.05, 0) is 115 Å². The fraction of sp³-hybridized carbons (Fsp3) is 0.262. The number of hydrogen-bond acceptors (Lipinski definition) is 8. The van der Waals surface area contributed by atoms with Crippen molar-refractivity contribution in [2.45, 2.75) is 65.5 Å². The van der Waals surface area contributed by atoms with Crippen LogP contribution in [0.15, 0.2) is 157 Å². The number of aromatic nitrogens is 3. The first-order valence-electron chi connectivity index (χ1n) is 27.8. The second-order valence-electron chi connectivity index (χ2n) is 21.4. The first-order valence-corrected chi connectivity index (χ1v) is 28.5. The molecule has 23 heteroatoms. The zero-order chi connectivity index (χ0) is 64.3. The van der Waals surface area contributed by atoms with Gasteiger partial charge >= 0.3 is 24.3 Å². The van der Waals surface area contributed by atoms with Crippen molar-refractivity contribution < 1.29 is 40.7 Å². The topological polar surface area (TPSA) is 160 Å². The van der Waals surface area contributed by atoms with Crippen molar-refractivity contribution in [2.75, 3.05) is 68.0 Å². The molecule has 3 unspecified atom stereocenters. The Balaban J connectivity index is 0.000000189. The molecular formula is C65H67Cl2F6N11O4. The van der Waals surface area contributed by atoms with Crippen LogP contribution in [-0.4, -0.2) is 95.3 Å². The van der Waals surface area contributed by atoms with Crippen LogP contribution in [0.25, 0.3) is 32.3 Å². The average molecular weight is 1250 g/mol. The number of benzene rings is 6. The van der Waals surface area contributed by atoms with Crippen LogP contribution < -0.4 is 31.7 Å². The molecule has 6 amide bonds. The van der Waals surface area contributed by atoms with Crippen LogP contribution >= 0.6 is 23.2 Å². The fourth-order valence-corrected chi connectivity index (χ4v) is 10.1. The predicted octanol–water partition coefficient (Wildman–Crippen LogP) is 16.6. The summed E-state index contributed by atoms with van der Waals surface area (Å²) in [6.07, 6.45) is 0.184. The van der Waals surface area contributed by atoms with Gasteiger partial charge in [0.05, 0.1) is 28.2 Å². The number of amides is 6. The smallest absolute Gasteiger partial charge is 0.373 e. The Bertz CT molecular complexity index is 4020. The van der Waals surface area contributed by atoms with Gasteiger partial charge in [-0.3, -0.25) is 4.79 Å². The molecule has 462 valence electrons. The van der Waals surface area contributed by atoms with Crippen LogP contribution in [-0.2, 0) is 6.54 Å². The maximum absolute atomic E-state index is 13.3. The molecule has 6 aromatic carbocycles. The summed E-state index contributed by atoms with van der Waals surface area (Å²) >= 11 is 11.6. The Kier molecular flexibility index (Phi) is 22.0. The van der Waals surface area contributed by atoms with E-state index < -0.39 is 47.8 Å². The van der Waals surface area contributed by atoms with E-state index in [9.17, 15) is 45.5 Å². The van der Waals surface area contributed by atoms with Gasteiger partial charge in [0.2, 0.25) is 0 Å². The second kappa shape index (κ2) is 29.1. The molecule has 0 saturated carbocycles. The molecule has 9 rings (SSSR count). The molecule has 4 N–H and O–H groups in total. The highest BCUT2D eigenvalue weighted by molar-refractivity contribution is 6.31. The lowest BCUT2D eigenvalue weighted by Gasteiger charge is -2.32. The number of urea groups is 3. The SMILES string of the molecule is CC(C)CN(C(=O)Nc1ccc(F)cc1)C(C)c1cn(CC(F)(F)F)c(=O)c2ccccc12.CC(c1cnc(N(C)C)c2ccccc12)N(C)C(=O)Nc1ccc(F)c(Cl)c1.CNc1ncc(C(C)N(C)C(=O)Nc2ccc(F)c(Cl)c2)c2ccccc12. The second-order valence-corrected chi connectivity index (χ2v) is 22.2. The van der Waals surface area contributed by atoms with Gasteiger partial charge in [-0.25, -0.2) is 37.5 Å². The summed E-state index contributed by atoms with van der Waals surface area (Å²) in [6, 6.07) is 33.5. The number of fused-ring (bicyclic) bond motifs is 3. The van der Waals surface area contributed by atoms with E-state index in [0.717, 1.165) is 44.3 Å². The molecule has 15 nitrogen and oxygen atoms in total. The average Bonchev–Trinajstić information content (AvgIpc) is 1.09. The normalized spacial score (nSPS) is 12.2. The van der Waals surface area contributed by atoms with Crippen LogP contribution in [0, 0.1) is 23.4 Å². The lowest BCUT2D eigenvalue weighted by Crippen LogP contribution is -2.40. The molecule has 3 aromatic heterocycles. The third-order valence-corrected chi connectivity index (χ3v) is 15.1. The summed E-state index contributed by atoms with van der Waals surface area (Å²) in [6.45, 7) is 8.27. The number of nitrogens with one attached hydrogen (secondary N) is 4. The van der Waals surface area contributed by atoms with Gasteiger partial charge in [-0.1, -0.05) is 104 Å². The Morgan fingerprint density at radius 1 is 0.557 bits per heavy atom. The van der Waals surface area contributed by atoms with Gasteiger partial charge < -0.3 is 45.4 Å². The van der Waals surface area contributed by atoms with Gasteiger partial charge in [-0.2, -0.15) is 13.2 Å². The minimum atomic E-state index is -4.58. The molecule has 0 bridgehead atoms. The molecule has 0 spiro atoms. The van der Waals surface area contributed by atoms with E-state index >= 15 is 0 Å². The number of anilines is 5. The highest BCUT2D eigenvalue weighted by Crippen LogP contribution is 2.35. The monoisotopic (exact) mass is 1250 g/mol. The number of carbonyl (C=O) groups excluding carboxylic acids is 3.